The fourth-order valence-electron chi connectivity index (χ4n) is 1.89. The van der Waals surface area contributed by atoms with Gasteiger partial charge in [0.1, 0.15) is 0 Å². The molecule has 0 bridgehead atoms. The molecule has 0 aliphatic heterocycles. The van der Waals surface area contributed by atoms with Crippen molar-refractivity contribution in [2.24, 2.45) is 0 Å². The molecule has 0 saturated heterocycles. The maximum absolute atomic E-state index is 12.4. The second-order valence-electron chi connectivity index (χ2n) is 4.68. The van der Waals surface area contributed by atoms with Crippen LogP contribution in [0.15, 0.2) is 57.9 Å². The molecule has 0 aliphatic carbocycles. The molecule has 0 heterocycles. The number of nitrogens with one attached hydrogen (secondary N) is 2. The summed E-state index contributed by atoms with van der Waals surface area (Å²) in [7, 11) is -0.593. The lowest BCUT2D eigenvalue weighted by Crippen LogP contribution is -2.39. The van der Waals surface area contributed by atoms with Crippen LogP contribution in [0.4, 0.5) is 5.69 Å². The van der Waals surface area contributed by atoms with Crippen molar-refractivity contribution in [2.45, 2.75) is 4.90 Å². The molecule has 8 heteroatoms. The second-order valence-corrected chi connectivity index (χ2v) is 7.43. The number of halogens is 1. The minimum atomic E-state index is -3.62. The van der Waals surface area contributed by atoms with E-state index >= 15 is 0 Å². The Morgan fingerprint density at radius 2 is 1.78 bits per heavy atom. The monoisotopic (exact) mass is 397 g/mol. The zero-order valence-electron chi connectivity index (χ0n) is 12.6. The van der Waals surface area contributed by atoms with Crippen molar-refractivity contribution in [3.05, 3.63) is 58.6 Å². The van der Waals surface area contributed by atoms with Crippen LogP contribution in [0.3, 0.4) is 0 Å². The molecule has 0 radical (unpaired) electrons. The molecule has 0 saturated carbocycles. The lowest BCUT2D eigenvalue weighted by molar-refractivity contribution is 0.0950. The number of carbonyl (C=O) groups excluding carboxylic acids is 1. The number of hydrogen-bond donors (Lipinski definition) is 2. The first-order valence-electron chi connectivity index (χ1n) is 6.68. The molecule has 0 atom stereocenters. The van der Waals surface area contributed by atoms with Gasteiger partial charge in [-0.3, -0.25) is 15.2 Å². The number of para-hydroxylation sites is 1. The molecule has 0 fully saturated rings. The Bertz CT molecular complexity index is 810. The molecule has 6 nitrogen and oxygen atoms in total. The zero-order valence-corrected chi connectivity index (χ0v) is 15.0. The van der Waals surface area contributed by atoms with Crippen LogP contribution < -0.4 is 15.2 Å². The van der Waals surface area contributed by atoms with E-state index in [4.69, 9.17) is 0 Å². The maximum Gasteiger partial charge on any atom is 0.270 e. The normalized spacial score (nSPS) is 11.1. The molecule has 0 aliphatic rings. The predicted molar refractivity (Wildman–Crippen MR) is 92.7 cm³/mol. The largest absolute Gasteiger partial charge is 0.288 e. The molecule has 0 spiro atoms. The Kier molecular flexibility index (Phi) is 5.40. The van der Waals surface area contributed by atoms with Gasteiger partial charge < -0.3 is 0 Å². The summed E-state index contributed by atoms with van der Waals surface area (Å²) in [4.78, 5) is 12.4. The van der Waals surface area contributed by atoms with Gasteiger partial charge in [-0.15, -0.1) is 0 Å². The van der Waals surface area contributed by atoms with Crippen LogP contribution in [0.1, 0.15) is 10.4 Å². The highest BCUT2D eigenvalue weighted by Gasteiger charge is 2.18. The molecule has 2 rings (SSSR count). The Morgan fingerprint density at radius 3 is 2.39 bits per heavy atom. The lowest BCUT2D eigenvalue weighted by Gasteiger charge is -2.20. The minimum Gasteiger partial charge on any atom is -0.288 e. The van der Waals surface area contributed by atoms with Gasteiger partial charge in [0.15, 0.2) is 0 Å². The lowest BCUT2D eigenvalue weighted by atomic mass is 10.2. The molecule has 0 aromatic heterocycles. The number of sulfonamides is 1. The average Bonchev–Trinajstić information content (AvgIpc) is 2.55. The van der Waals surface area contributed by atoms with Gasteiger partial charge in [0, 0.05) is 11.5 Å². The van der Waals surface area contributed by atoms with E-state index in [1.54, 1.807) is 12.1 Å². The van der Waals surface area contributed by atoms with Crippen LogP contribution in [-0.4, -0.2) is 28.4 Å². The van der Waals surface area contributed by atoms with Crippen LogP contribution in [0.2, 0.25) is 0 Å². The molecular formula is C15H16BrN3O3S. The van der Waals surface area contributed by atoms with E-state index in [1.807, 2.05) is 30.3 Å². The molecule has 2 aromatic carbocycles. The second kappa shape index (κ2) is 7.12. The Balaban J connectivity index is 2.27. The highest BCUT2D eigenvalue weighted by atomic mass is 79.9. The molecule has 23 heavy (non-hydrogen) atoms. The van der Waals surface area contributed by atoms with Gasteiger partial charge in [-0.05, 0) is 53.3 Å². The summed E-state index contributed by atoms with van der Waals surface area (Å²) in [6.07, 6.45) is 0. The van der Waals surface area contributed by atoms with Gasteiger partial charge in [-0.25, -0.2) is 13.1 Å². The third-order valence-corrected chi connectivity index (χ3v) is 5.28. The van der Waals surface area contributed by atoms with Crippen molar-refractivity contribution in [2.75, 3.05) is 19.1 Å². The van der Waals surface area contributed by atoms with Gasteiger partial charge in [-0.2, -0.15) is 0 Å². The number of carbonyl (C=O) groups is 1. The van der Waals surface area contributed by atoms with Crippen molar-refractivity contribution in [1.82, 2.24) is 10.1 Å². The van der Waals surface area contributed by atoms with Crippen molar-refractivity contribution in [3.63, 3.8) is 0 Å². The third kappa shape index (κ3) is 4.10. The molecular weight excluding hydrogens is 382 g/mol. The van der Waals surface area contributed by atoms with Gasteiger partial charge in [0.05, 0.1) is 16.1 Å². The van der Waals surface area contributed by atoms with E-state index < -0.39 is 15.9 Å². The SMILES string of the molecule is CNS(=O)(=O)c1ccc(Br)c(C(=O)NN(C)c2ccccc2)c1. The van der Waals surface area contributed by atoms with E-state index in [0.717, 1.165) is 5.69 Å². The van der Waals surface area contributed by atoms with E-state index in [-0.39, 0.29) is 10.5 Å². The topological polar surface area (TPSA) is 78.5 Å². The first-order chi connectivity index (χ1) is 10.8. The van der Waals surface area contributed by atoms with Crippen molar-refractivity contribution in [1.29, 1.82) is 0 Å². The zero-order chi connectivity index (χ0) is 17.0. The van der Waals surface area contributed by atoms with Crippen LogP contribution in [0.5, 0.6) is 0 Å². The number of rotatable bonds is 5. The number of hydrogen-bond acceptors (Lipinski definition) is 4. The van der Waals surface area contributed by atoms with Crippen molar-refractivity contribution >= 4 is 37.5 Å². The van der Waals surface area contributed by atoms with E-state index in [9.17, 15) is 13.2 Å². The van der Waals surface area contributed by atoms with Gasteiger partial charge in [0.25, 0.3) is 5.91 Å². The van der Waals surface area contributed by atoms with E-state index in [0.29, 0.717) is 4.47 Å². The average molecular weight is 398 g/mol. The number of anilines is 1. The Morgan fingerprint density at radius 1 is 1.13 bits per heavy atom. The summed E-state index contributed by atoms with van der Waals surface area (Å²) < 4.78 is 26.5. The summed E-state index contributed by atoms with van der Waals surface area (Å²) in [5, 5.41) is 1.56. The van der Waals surface area contributed by atoms with Crippen molar-refractivity contribution < 1.29 is 13.2 Å². The summed E-state index contributed by atoms with van der Waals surface area (Å²) in [5.41, 5.74) is 3.73. The number of nitrogens with zero attached hydrogens (tertiary/aromatic N) is 1. The molecule has 122 valence electrons. The van der Waals surface area contributed by atoms with Crippen LogP contribution in [-0.2, 0) is 10.0 Å². The number of benzene rings is 2. The fraction of sp³-hybridized carbons (Fsp3) is 0.133. The minimum absolute atomic E-state index is 0.0238. The summed E-state index contributed by atoms with van der Waals surface area (Å²) in [6.45, 7) is 0. The highest BCUT2D eigenvalue weighted by Crippen LogP contribution is 2.21. The van der Waals surface area contributed by atoms with Crippen molar-refractivity contribution in [3.8, 4) is 0 Å². The molecule has 2 aromatic rings. The van der Waals surface area contributed by atoms with Crippen LogP contribution in [0, 0.1) is 0 Å². The number of amides is 1. The fourth-order valence-corrected chi connectivity index (χ4v) is 3.07. The van der Waals surface area contributed by atoms with Crippen LogP contribution in [0.25, 0.3) is 0 Å². The van der Waals surface area contributed by atoms with E-state index in [1.165, 1.54) is 25.2 Å². The summed E-state index contributed by atoms with van der Waals surface area (Å²) >= 11 is 3.27. The van der Waals surface area contributed by atoms with E-state index in [2.05, 4.69) is 26.1 Å². The van der Waals surface area contributed by atoms with Crippen LogP contribution >= 0.6 is 15.9 Å². The third-order valence-electron chi connectivity index (χ3n) is 3.17. The Labute approximate surface area is 143 Å². The van der Waals surface area contributed by atoms with Gasteiger partial charge in [-0.1, -0.05) is 18.2 Å². The molecule has 2 N–H and O–H groups in total. The predicted octanol–water partition coefficient (Wildman–Crippen LogP) is 2.14. The van der Waals surface area contributed by atoms with Gasteiger partial charge in [0.2, 0.25) is 10.0 Å². The first kappa shape index (κ1) is 17.5. The first-order valence-corrected chi connectivity index (χ1v) is 8.95. The maximum atomic E-state index is 12.4. The summed E-state index contributed by atoms with van der Waals surface area (Å²) in [5.74, 6) is -0.420. The molecule has 1 amide bonds. The smallest absolute Gasteiger partial charge is 0.270 e. The Hall–Kier alpha value is -1.90. The molecule has 0 unspecified atom stereocenters. The van der Waals surface area contributed by atoms with Gasteiger partial charge >= 0.3 is 0 Å². The number of hydrazine groups is 1. The quantitative estimate of drug-likeness (QED) is 0.757. The highest BCUT2D eigenvalue weighted by molar-refractivity contribution is 9.10. The summed E-state index contributed by atoms with van der Waals surface area (Å²) in [6, 6.07) is 13.6. The standard InChI is InChI=1S/C15H16BrN3O3S/c1-17-23(21,22)12-8-9-14(16)13(10-12)15(20)18-19(2)11-6-4-3-5-7-11/h3-10,17H,1-2H3,(H,18,20).